The van der Waals surface area contributed by atoms with Crippen LogP contribution < -0.4 is 14.8 Å². The minimum atomic E-state index is -1.38. The minimum absolute atomic E-state index is 0.328. The predicted molar refractivity (Wildman–Crippen MR) is 115 cm³/mol. The van der Waals surface area contributed by atoms with Crippen LogP contribution in [0.15, 0.2) is 40.9 Å². The van der Waals surface area contributed by atoms with E-state index in [0.29, 0.717) is 45.9 Å². The Morgan fingerprint density at radius 1 is 1.33 bits per heavy atom. The number of ether oxygens (including phenoxy) is 2. The zero-order valence-corrected chi connectivity index (χ0v) is 18.4. The van der Waals surface area contributed by atoms with Gasteiger partial charge in [-0.05, 0) is 37.7 Å². The maximum absolute atomic E-state index is 13.2. The van der Waals surface area contributed by atoms with Gasteiger partial charge in [-0.3, -0.25) is 19.8 Å². The van der Waals surface area contributed by atoms with Crippen LogP contribution in [0.5, 0.6) is 11.5 Å². The summed E-state index contributed by atoms with van der Waals surface area (Å²) in [5.41, 5.74) is 0.578. The van der Waals surface area contributed by atoms with Crippen LogP contribution in [0, 0.1) is 10.1 Å². The summed E-state index contributed by atoms with van der Waals surface area (Å²) in [6.45, 7) is 2.67. The fourth-order valence-electron chi connectivity index (χ4n) is 4.82. The van der Waals surface area contributed by atoms with Gasteiger partial charge in [-0.2, -0.15) is 0 Å². The Bertz CT molecular complexity index is 1030. The van der Waals surface area contributed by atoms with Crippen molar-refractivity contribution in [3.8, 4) is 11.5 Å². The molecule has 1 spiro atoms. The molecule has 1 N–H and O–H groups in total. The summed E-state index contributed by atoms with van der Waals surface area (Å²) in [6.07, 6.45) is 0. The zero-order valence-electron chi connectivity index (χ0n) is 16.8. The van der Waals surface area contributed by atoms with Crippen molar-refractivity contribution in [3.05, 3.63) is 62.1 Å². The van der Waals surface area contributed by atoms with Crippen LogP contribution in [0.1, 0.15) is 24.0 Å². The lowest BCUT2D eigenvalue weighted by Gasteiger charge is -2.30. The standard InChI is InChI=1S/C21H22BrN3O5/c1-4-30-18-10-15(22)12(9-17(18)29-3)13-11-24(2)21(19(13)25(27)28)14-7-5-6-8-16(14)23-20(21)26/h5-10,13,19H,4,11H2,1-3H3,(H,23,26)/t13-,19-,21-/m0/s1. The first-order chi connectivity index (χ1) is 14.4. The van der Waals surface area contributed by atoms with Crippen LogP contribution in [0.3, 0.4) is 0 Å². The number of likely N-dealkylation sites (N-methyl/N-ethyl adjacent to an activating group) is 1. The van der Waals surface area contributed by atoms with Crippen LogP contribution in [0.25, 0.3) is 0 Å². The summed E-state index contributed by atoms with van der Waals surface area (Å²) in [7, 11) is 3.29. The molecule has 9 heteroatoms. The molecule has 0 aliphatic carbocycles. The number of halogens is 1. The lowest BCUT2D eigenvalue weighted by Crippen LogP contribution is -2.54. The van der Waals surface area contributed by atoms with Gasteiger partial charge in [0.15, 0.2) is 17.0 Å². The number of fused-ring (bicyclic) bond motifs is 2. The molecule has 0 unspecified atom stereocenters. The first-order valence-corrected chi connectivity index (χ1v) is 10.4. The number of amides is 1. The van der Waals surface area contributed by atoms with E-state index in [1.807, 2.05) is 6.92 Å². The molecule has 0 saturated carbocycles. The number of hydrogen-bond donors (Lipinski definition) is 1. The Morgan fingerprint density at radius 2 is 2.07 bits per heavy atom. The number of rotatable bonds is 5. The van der Waals surface area contributed by atoms with E-state index < -0.39 is 17.5 Å². The zero-order chi connectivity index (χ0) is 21.6. The molecule has 2 aromatic rings. The van der Waals surface area contributed by atoms with Crippen molar-refractivity contribution in [3.63, 3.8) is 0 Å². The van der Waals surface area contributed by atoms with E-state index in [9.17, 15) is 14.9 Å². The summed E-state index contributed by atoms with van der Waals surface area (Å²) in [4.78, 5) is 27.1. The molecule has 2 aliphatic rings. The highest BCUT2D eigenvalue weighted by atomic mass is 79.9. The van der Waals surface area contributed by atoms with E-state index in [2.05, 4.69) is 21.2 Å². The Balaban J connectivity index is 1.88. The molecular formula is C21H22BrN3O5. The van der Waals surface area contributed by atoms with Crippen molar-refractivity contribution in [1.82, 2.24) is 4.90 Å². The second kappa shape index (κ2) is 7.55. The third kappa shape index (κ3) is 2.79. The third-order valence-corrected chi connectivity index (χ3v) is 6.71. The van der Waals surface area contributed by atoms with E-state index in [0.717, 1.165) is 0 Å². The van der Waals surface area contributed by atoms with Crippen molar-refractivity contribution in [2.45, 2.75) is 24.4 Å². The Hall–Kier alpha value is -2.65. The molecule has 0 aromatic heterocycles. The number of para-hydroxylation sites is 1. The van der Waals surface area contributed by atoms with Gasteiger partial charge >= 0.3 is 0 Å². The second-order valence-corrected chi connectivity index (χ2v) is 8.30. The van der Waals surface area contributed by atoms with Gasteiger partial charge in [0.05, 0.1) is 19.6 Å². The first-order valence-electron chi connectivity index (χ1n) is 9.62. The molecule has 158 valence electrons. The quantitative estimate of drug-likeness (QED) is 0.526. The van der Waals surface area contributed by atoms with Crippen LogP contribution in [0.2, 0.25) is 0 Å². The number of carbonyl (C=O) groups is 1. The SMILES string of the molecule is CCOc1cc(Br)c([C@@H]2CN(C)[C@]3(C(=O)Nc4ccccc43)[C@H]2[N+](=O)[O-])cc1OC. The van der Waals surface area contributed by atoms with Crippen molar-refractivity contribution < 1.29 is 19.2 Å². The number of nitrogens with one attached hydrogen (secondary N) is 1. The van der Waals surface area contributed by atoms with E-state index in [1.165, 1.54) is 7.11 Å². The lowest BCUT2D eigenvalue weighted by atomic mass is 9.79. The van der Waals surface area contributed by atoms with Crippen molar-refractivity contribution in [2.75, 3.05) is 32.6 Å². The third-order valence-electron chi connectivity index (χ3n) is 6.02. The number of anilines is 1. The minimum Gasteiger partial charge on any atom is -0.493 e. The topological polar surface area (TPSA) is 93.9 Å². The monoisotopic (exact) mass is 475 g/mol. The van der Waals surface area contributed by atoms with E-state index in [-0.39, 0.29) is 10.8 Å². The van der Waals surface area contributed by atoms with Crippen molar-refractivity contribution in [1.29, 1.82) is 0 Å². The van der Waals surface area contributed by atoms with Crippen LogP contribution in [0.4, 0.5) is 5.69 Å². The fourth-order valence-corrected chi connectivity index (χ4v) is 5.44. The summed E-state index contributed by atoms with van der Waals surface area (Å²) >= 11 is 3.55. The summed E-state index contributed by atoms with van der Waals surface area (Å²) in [6, 6.07) is 9.52. The molecule has 2 aromatic carbocycles. The van der Waals surface area contributed by atoms with Crippen molar-refractivity contribution >= 4 is 27.5 Å². The highest BCUT2D eigenvalue weighted by Crippen LogP contribution is 2.53. The van der Waals surface area contributed by atoms with Crippen LogP contribution >= 0.6 is 15.9 Å². The molecule has 0 radical (unpaired) electrons. The molecule has 2 aliphatic heterocycles. The smallest absolute Gasteiger partial charge is 0.256 e. The predicted octanol–water partition coefficient (Wildman–Crippen LogP) is 3.38. The van der Waals surface area contributed by atoms with Gasteiger partial charge in [0.1, 0.15) is 0 Å². The van der Waals surface area contributed by atoms with Gasteiger partial charge in [-0.25, -0.2) is 0 Å². The molecule has 1 amide bonds. The van der Waals surface area contributed by atoms with Gasteiger partial charge in [-0.15, -0.1) is 0 Å². The molecule has 8 nitrogen and oxygen atoms in total. The molecular weight excluding hydrogens is 454 g/mol. The lowest BCUT2D eigenvalue weighted by molar-refractivity contribution is -0.534. The number of nitro groups is 1. The van der Waals surface area contributed by atoms with Crippen LogP contribution in [-0.4, -0.2) is 49.1 Å². The molecule has 3 atom stereocenters. The summed E-state index contributed by atoms with van der Waals surface area (Å²) in [5.74, 6) is 0.139. The number of likely N-dealkylation sites (tertiary alicyclic amines) is 1. The summed E-state index contributed by atoms with van der Waals surface area (Å²) in [5, 5.41) is 15.2. The van der Waals surface area contributed by atoms with Gasteiger partial charge in [-0.1, -0.05) is 34.1 Å². The van der Waals surface area contributed by atoms with Gasteiger partial charge in [0.2, 0.25) is 0 Å². The number of nitrogens with zero attached hydrogens (tertiary/aromatic N) is 2. The molecule has 0 bridgehead atoms. The maximum atomic E-state index is 13.2. The normalized spacial score (nSPS) is 25.3. The molecule has 1 fully saturated rings. The largest absolute Gasteiger partial charge is 0.493 e. The first kappa shape index (κ1) is 20.6. The number of carbonyl (C=O) groups excluding carboxylic acids is 1. The second-order valence-electron chi connectivity index (χ2n) is 7.44. The number of methoxy groups -OCH3 is 1. The van der Waals surface area contributed by atoms with E-state index in [4.69, 9.17) is 9.47 Å². The summed E-state index contributed by atoms with van der Waals surface area (Å²) < 4.78 is 11.8. The molecule has 1 saturated heterocycles. The Kier molecular flexibility index (Phi) is 5.19. The molecule has 4 rings (SSSR count). The van der Waals surface area contributed by atoms with E-state index >= 15 is 0 Å². The van der Waals surface area contributed by atoms with Gasteiger partial charge in [0, 0.05) is 27.2 Å². The molecule has 2 heterocycles. The highest BCUT2D eigenvalue weighted by Gasteiger charge is 2.68. The Morgan fingerprint density at radius 3 is 2.73 bits per heavy atom. The average molecular weight is 476 g/mol. The van der Waals surface area contributed by atoms with Crippen molar-refractivity contribution in [2.24, 2.45) is 0 Å². The average Bonchev–Trinajstić information content (AvgIpc) is 3.18. The highest BCUT2D eigenvalue weighted by molar-refractivity contribution is 9.10. The Labute approximate surface area is 182 Å². The maximum Gasteiger partial charge on any atom is 0.256 e. The number of benzene rings is 2. The van der Waals surface area contributed by atoms with Gasteiger partial charge in [0.25, 0.3) is 11.9 Å². The number of hydrogen-bond acceptors (Lipinski definition) is 6. The van der Waals surface area contributed by atoms with Crippen LogP contribution in [-0.2, 0) is 10.3 Å². The molecule has 30 heavy (non-hydrogen) atoms. The van der Waals surface area contributed by atoms with E-state index in [1.54, 1.807) is 48.3 Å². The fraction of sp³-hybridized carbons (Fsp3) is 0.381. The van der Waals surface area contributed by atoms with Gasteiger partial charge < -0.3 is 14.8 Å².